The molecule has 0 fully saturated rings. The summed E-state index contributed by atoms with van der Waals surface area (Å²) in [7, 11) is 0. The van der Waals surface area contributed by atoms with E-state index >= 15 is 0 Å². The highest BCUT2D eigenvalue weighted by atomic mass is 16.5. The predicted molar refractivity (Wildman–Crippen MR) is 95.5 cm³/mol. The fourth-order valence-electron chi connectivity index (χ4n) is 2.62. The molecule has 2 aromatic rings. The van der Waals surface area contributed by atoms with Crippen LogP contribution in [0.4, 0.5) is 0 Å². The van der Waals surface area contributed by atoms with Gasteiger partial charge >= 0.3 is 0 Å². The summed E-state index contributed by atoms with van der Waals surface area (Å²) in [6.07, 6.45) is 0. The first-order chi connectivity index (χ1) is 11.7. The van der Waals surface area contributed by atoms with E-state index in [1.807, 2.05) is 34.6 Å². The van der Waals surface area contributed by atoms with E-state index in [1.54, 1.807) is 13.0 Å². The molecule has 7 nitrogen and oxygen atoms in total. The van der Waals surface area contributed by atoms with E-state index in [0.717, 1.165) is 5.69 Å². The molecule has 0 aliphatic heterocycles. The van der Waals surface area contributed by atoms with Gasteiger partial charge in [0.15, 0.2) is 0 Å². The van der Waals surface area contributed by atoms with Crippen molar-refractivity contribution in [2.75, 3.05) is 13.1 Å². The Kier molecular flexibility index (Phi) is 5.77. The highest BCUT2D eigenvalue weighted by molar-refractivity contribution is 6.06. The normalized spacial score (nSPS) is 11.4. The van der Waals surface area contributed by atoms with Crippen LogP contribution < -0.4 is 5.32 Å². The first kappa shape index (κ1) is 18.9. The van der Waals surface area contributed by atoms with Crippen LogP contribution in [0.25, 0.3) is 11.1 Å². The Labute approximate surface area is 147 Å². The highest BCUT2D eigenvalue weighted by Crippen LogP contribution is 2.26. The summed E-state index contributed by atoms with van der Waals surface area (Å²) in [6, 6.07) is 1.81. The van der Waals surface area contributed by atoms with E-state index < -0.39 is 0 Å². The number of aromatic nitrogens is 2. The maximum Gasteiger partial charge on any atom is 0.259 e. The molecule has 2 aromatic heterocycles. The van der Waals surface area contributed by atoms with Crippen molar-refractivity contribution in [2.24, 2.45) is 0 Å². The van der Waals surface area contributed by atoms with Crippen LogP contribution in [0.15, 0.2) is 10.6 Å². The lowest BCUT2D eigenvalue weighted by Crippen LogP contribution is -2.42. The monoisotopic (exact) mass is 346 g/mol. The van der Waals surface area contributed by atoms with Gasteiger partial charge in [0.2, 0.25) is 5.91 Å². The van der Waals surface area contributed by atoms with E-state index in [9.17, 15) is 9.59 Å². The lowest BCUT2D eigenvalue weighted by Gasteiger charge is -2.22. The third kappa shape index (κ3) is 4.15. The molecular weight excluding hydrogens is 320 g/mol. The largest absolute Gasteiger partial charge is 0.352 e. The van der Waals surface area contributed by atoms with Gasteiger partial charge in [-0.25, -0.2) is 4.98 Å². The Morgan fingerprint density at radius 2 is 1.96 bits per heavy atom. The number of nitrogens with zero attached hydrogens (tertiary/aromatic N) is 3. The standard InChI is InChI=1S/C18H26N4O3/c1-7-22(9-15(23)19-11(4)5)18(24)13-8-14(10(2)3)20-17-16(13)12(6)21-25-17/h8,10-11H,7,9H2,1-6H3,(H,19,23). The zero-order valence-electron chi connectivity index (χ0n) is 15.7. The number of pyridine rings is 1. The fraction of sp³-hybridized carbons (Fsp3) is 0.556. The Balaban J connectivity index is 2.42. The van der Waals surface area contributed by atoms with Crippen LogP contribution in [0.5, 0.6) is 0 Å². The maximum absolute atomic E-state index is 13.1. The topological polar surface area (TPSA) is 88.3 Å². The average molecular weight is 346 g/mol. The molecule has 0 radical (unpaired) electrons. The zero-order chi connectivity index (χ0) is 18.7. The summed E-state index contributed by atoms with van der Waals surface area (Å²) in [5.74, 6) is -0.260. The molecule has 1 N–H and O–H groups in total. The quantitative estimate of drug-likeness (QED) is 0.868. The van der Waals surface area contributed by atoms with Gasteiger partial charge in [-0.3, -0.25) is 9.59 Å². The molecule has 25 heavy (non-hydrogen) atoms. The van der Waals surface area contributed by atoms with Gasteiger partial charge in [-0.2, -0.15) is 0 Å². The number of rotatable bonds is 6. The van der Waals surface area contributed by atoms with E-state index in [-0.39, 0.29) is 30.3 Å². The number of hydrogen-bond donors (Lipinski definition) is 1. The zero-order valence-corrected chi connectivity index (χ0v) is 15.7. The van der Waals surface area contributed by atoms with E-state index in [1.165, 1.54) is 4.90 Å². The van der Waals surface area contributed by atoms with Crippen LogP contribution in [0.1, 0.15) is 62.3 Å². The van der Waals surface area contributed by atoms with Crippen LogP contribution in [0.3, 0.4) is 0 Å². The molecule has 0 saturated heterocycles. The number of aryl methyl sites for hydroxylation is 1. The van der Waals surface area contributed by atoms with Gasteiger partial charge in [0, 0.05) is 18.3 Å². The van der Waals surface area contributed by atoms with Crippen molar-refractivity contribution in [1.29, 1.82) is 0 Å². The molecule has 136 valence electrons. The Bertz CT molecular complexity index is 780. The number of hydrogen-bond acceptors (Lipinski definition) is 5. The smallest absolute Gasteiger partial charge is 0.259 e. The highest BCUT2D eigenvalue weighted by Gasteiger charge is 2.24. The van der Waals surface area contributed by atoms with Crippen molar-refractivity contribution in [3.05, 3.63) is 23.0 Å². The van der Waals surface area contributed by atoms with Gasteiger partial charge in [0.25, 0.3) is 11.6 Å². The third-order valence-corrected chi connectivity index (χ3v) is 3.91. The molecule has 0 unspecified atom stereocenters. The van der Waals surface area contributed by atoms with Crippen LogP contribution in [-0.4, -0.2) is 46.0 Å². The lowest BCUT2D eigenvalue weighted by atomic mass is 10.0. The molecule has 0 spiro atoms. The fourth-order valence-corrected chi connectivity index (χ4v) is 2.62. The molecule has 2 heterocycles. The Morgan fingerprint density at radius 3 is 2.52 bits per heavy atom. The maximum atomic E-state index is 13.1. The minimum atomic E-state index is -0.220. The minimum absolute atomic E-state index is 0.0126. The van der Waals surface area contributed by atoms with Crippen molar-refractivity contribution in [3.63, 3.8) is 0 Å². The minimum Gasteiger partial charge on any atom is -0.352 e. The summed E-state index contributed by atoms with van der Waals surface area (Å²) in [6.45, 7) is 11.8. The van der Waals surface area contributed by atoms with Crippen molar-refractivity contribution < 1.29 is 14.1 Å². The number of likely N-dealkylation sites (N-methyl/N-ethyl adjacent to an activating group) is 1. The van der Waals surface area contributed by atoms with Crippen molar-refractivity contribution in [3.8, 4) is 0 Å². The van der Waals surface area contributed by atoms with Crippen LogP contribution >= 0.6 is 0 Å². The SMILES string of the molecule is CCN(CC(=O)NC(C)C)C(=O)c1cc(C(C)C)nc2onc(C)c12. The summed E-state index contributed by atoms with van der Waals surface area (Å²) < 4.78 is 5.27. The van der Waals surface area contributed by atoms with Gasteiger partial charge in [0.1, 0.15) is 0 Å². The lowest BCUT2D eigenvalue weighted by molar-refractivity contribution is -0.122. The molecule has 0 bridgehead atoms. The van der Waals surface area contributed by atoms with Crippen molar-refractivity contribution >= 4 is 22.9 Å². The van der Waals surface area contributed by atoms with Gasteiger partial charge < -0.3 is 14.7 Å². The van der Waals surface area contributed by atoms with E-state index in [0.29, 0.717) is 28.9 Å². The van der Waals surface area contributed by atoms with Gasteiger partial charge in [-0.05, 0) is 39.7 Å². The number of fused-ring (bicyclic) bond motifs is 1. The molecule has 7 heteroatoms. The Morgan fingerprint density at radius 1 is 1.28 bits per heavy atom. The number of carbonyl (C=O) groups is 2. The predicted octanol–water partition coefficient (Wildman–Crippen LogP) is 2.64. The second-order valence-electron chi connectivity index (χ2n) is 6.74. The second kappa shape index (κ2) is 7.63. The number of carbonyl (C=O) groups excluding carboxylic acids is 2. The van der Waals surface area contributed by atoms with Crippen LogP contribution in [-0.2, 0) is 4.79 Å². The van der Waals surface area contributed by atoms with Crippen LogP contribution in [0, 0.1) is 6.92 Å². The summed E-state index contributed by atoms with van der Waals surface area (Å²) >= 11 is 0. The summed E-state index contributed by atoms with van der Waals surface area (Å²) in [5.41, 5.74) is 2.21. The van der Waals surface area contributed by atoms with Gasteiger partial charge in [-0.15, -0.1) is 0 Å². The number of amides is 2. The number of nitrogens with one attached hydrogen (secondary N) is 1. The molecule has 0 saturated carbocycles. The molecule has 0 aliphatic carbocycles. The Hall–Kier alpha value is -2.44. The van der Waals surface area contributed by atoms with Crippen LogP contribution in [0.2, 0.25) is 0 Å². The second-order valence-corrected chi connectivity index (χ2v) is 6.74. The molecule has 2 amide bonds. The molecular formula is C18H26N4O3. The van der Waals surface area contributed by atoms with Crippen molar-refractivity contribution in [1.82, 2.24) is 20.4 Å². The molecule has 2 rings (SSSR count). The average Bonchev–Trinajstić information content (AvgIpc) is 2.91. The van der Waals surface area contributed by atoms with Crippen molar-refractivity contribution in [2.45, 2.75) is 53.5 Å². The van der Waals surface area contributed by atoms with E-state index in [2.05, 4.69) is 15.5 Å². The van der Waals surface area contributed by atoms with Gasteiger partial charge in [0.05, 0.1) is 23.2 Å². The van der Waals surface area contributed by atoms with Gasteiger partial charge in [-0.1, -0.05) is 19.0 Å². The molecule has 0 aliphatic rings. The first-order valence-corrected chi connectivity index (χ1v) is 8.60. The first-order valence-electron chi connectivity index (χ1n) is 8.60. The van der Waals surface area contributed by atoms with E-state index in [4.69, 9.17) is 4.52 Å². The molecule has 0 atom stereocenters. The third-order valence-electron chi connectivity index (χ3n) is 3.91. The molecule has 0 aromatic carbocycles. The summed E-state index contributed by atoms with van der Waals surface area (Å²) in [5, 5.41) is 7.36. The summed E-state index contributed by atoms with van der Waals surface area (Å²) in [4.78, 5) is 31.1.